The van der Waals surface area contributed by atoms with Crippen molar-refractivity contribution in [2.24, 2.45) is 5.92 Å². The molecule has 2 nitrogen and oxygen atoms in total. The van der Waals surface area contributed by atoms with Gasteiger partial charge in [0.15, 0.2) is 0 Å². The van der Waals surface area contributed by atoms with Gasteiger partial charge in [-0.2, -0.15) is 0 Å². The number of amides is 1. The summed E-state index contributed by atoms with van der Waals surface area (Å²) in [6.45, 7) is 0. The highest BCUT2D eigenvalue weighted by molar-refractivity contribution is 7.10. The highest BCUT2D eigenvalue weighted by Crippen LogP contribution is 2.21. The molecular formula is C19H17NOS. The van der Waals surface area contributed by atoms with E-state index in [4.69, 9.17) is 0 Å². The number of rotatable bonds is 3. The fourth-order valence-corrected chi connectivity index (χ4v) is 3.04. The molecule has 110 valence electrons. The Morgan fingerprint density at radius 1 is 1.27 bits per heavy atom. The lowest BCUT2D eigenvalue weighted by molar-refractivity contribution is -0.116. The van der Waals surface area contributed by atoms with Crippen molar-refractivity contribution in [3.63, 3.8) is 0 Å². The Morgan fingerprint density at radius 3 is 3.00 bits per heavy atom. The minimum Gasteiger partial charge on any atom is -0.326 e. The maximum atomic E-state index is 12.0. The van der Waals surface area contributed by atoms with E-state index in [9.17, 15) is 4.79 Å². The van der Waals surface area contributed by atoms with Gasteiger partial charge in [0.1, 0.15) is 0 Å². The molecule has 1 aromatic heterocycles. The molecule has 0 radical (unpaired) electrons. The lowest BCUT2D eigenvalue weighted by atomic mass is 10.0. The summed E-state index contributed by atoms with van der Waals surface area (Å²) in [5.74, 6) is 6.72. The molecule has 1 aliphatic rings. The van der Waals surface area contributed by atoms with Crippen LogP contribution in [0.1, 0.15) is 29.7 Å². The molecule has 0 saturated heterocycles. The van der Waals surface area contributed by atoms with E-state index in [1.807, 2.05) is 41.8 Å². The molecule has 0 spiro atoms. The smallest absolute Gasteiger partial charge is 0.224 e. The highest BCUT2D eigenvalue weighted by Gasteiger charge is 2.13. The van der Waals surface area contributed by atoms with Gasteiger partial charge in [-0.05, 0) is 48.4 Å². The second kappa shape index (κ2) is 7.11. The summed E-state index contributed by atoms with van der Waals surface area (Å²) in [6, 6.07) is 11.7. The van der Waals surface area contributed by atoms with E-state index in [0.717, 1.165) is 29.0 Å². The lowest BCUT2D eigenvalue weighted by Crippen LogP contribution is -2.14. The molecule has 0 bridgehead atoms. The van der Waals surface area contributed by atoms with Crippen molar-refractivity contribution in [3.8, 4) is 11.8 Å². The SMILES string of the molecule is O=C(C[C@@H]1C=CCC1)Nc1cccc(C#Cc2cccs2)c1. The van der Waals surface area contributed by atoms with Gasteiger partial charge in [-0.25, -0.2) is 0 Å². The van der Waals surface area contributed by atoms with Crippen LogP contribution in [-0.2, 0) is 4.79 Å². The van der Waals surface area contributed by atoms with Crippen LogP contribution in [0.15, 0.2) is 53.9 Å². The minimum absolute atomic E-state index is 0.0694. The van der Waals surface area contributed by atoms with E-state index >= 15 is 0 Å². The third-order valence-corrected chi connectivity index (χ3v) is 4.34. The monoisotopic (exact) mass is 307 g/mol. The molecule has 1 atom stereocenters. The minimum atomic E-state index is 0.0694. The van der Waals surface area contributed by atoms with Crippen LogP contribution < -0.4 is 5.32 Å². The van der Waals surface area contributed by atoms with Crippen LogP contribution in [0.25, 0.3) is 0 Å². The first-order valence-corrected chi connectivity index (χ1v) is 8.30. The first-order valence-electron chi connectivity index (χ1n) is 7.42. The Morgan fingerprint density at radius 2 is 2.23 bits per heavy atom. The topological polar surface area (TPSA) is 29.1 Å². The lowest BCUT2D eigenvalue weighted by Gasteiger charge is -2.08. The maximum absolute atomic E-state index is 12.0. The quantitative estimate of drug-likeness (QED) is 0.659. The van der Waals surface area contributed by atoms with Gasteiger partial charge in [0.25, 0.3) is 0 Å². The molecule has 3 rings (SSSR count). The molecule has 1 amide bonds. The number of allylic oxidation sites excluding steroid dienone is 2. The van der Waals surface area contributed by atoms with Crippen LogP contribution in [0.2, 0.25) is 0 Å². The van der Waals surface area contributed by atoms with Gasteiger partial charge in [-0.15, -0.1) is 11.3 Å². The molecule has 2 aromatic rings. The maximum Gasteiger partial charge on any atom is 0.224 e. The van der Waals surface area contributed by atoms with Crippen LogP contribution in [0, 0.1) is 17.8 Å². The summed E-state index contributed by atoms with van der Waals surface area (Å²) in [5, 5.41) is 4.98. The Bertz CT molecular complexity index is 734. The van der Waals surface area contributed by atoms with E-state index in [1.165, 1.54) is 0 Å². The second-order valence-corrected chi connectivity index (χ2v) is 6.27. The van der Waals surface area contributed by atoms with E-state index < -0.39 is 0 Å². The zero-order valence-corrected chi connectivity index (χ0v) is 13.0. The average Bonchev–Trinajstić information content (AvgIpc) is 3.18. The van der Waals surface area contributed by atoms with Gasteiger partial charge in [-0.3, -0.25) is 4.79 Å². The molecule has 1 N–H and O–H groups in total. The molecule has 3 heteroatoms. The first-order chi connectivity index (χ1) is 10.8. The fourth-order valence-electron chi connectivity index (χ4n) is 2.47. The van der Waals surface area contributed by atoms with Crippen LogP contribution in [-0.4, -0.2) is 5.91 Å². The number of carbonyl (C=O) groups is 1. The van der Waals surface area contributed by atoms with E-state index in [2.05, 4.69) is 29.3 Å². The molecule has 1 heterocycles. The van der Waals surface area contributed by atoms with Crippen molar-refractivity contribution in [3.05, 3.63) is 64.4 Å². The Kier molecular flexibility index (Phi) is 4.72. The van der Waals surface area contributed by atoms with E-state index in [1.54, 1.807) is 11.3 Å². The predicted octanol–water partition coefficient (Wildman–Crippen LogP) is 4.44. The summed E-state index contributed by atoms with van der Waals surface area (Å²) in [5.41, 5.74) is 1.72. The van der Waals surface area contributed by atoms with Crippen molar-refractivity contribution < 1.29 is 4.79 Å². The van der Waals surface area contributed by atoms with Crippen molar-refractivity contribution in [2.45, 2.75) is 19.3 Å². The number of anilines is 1. The number of hydrogen-bond acceptors (Lipinski definition) is 2. The Hall–Kier alpha value is -2.31. The largest absolute Gasteiger partial charge is 0.326 e. The third-order valence-electron chi connectivity index (χ3n) is 3.56. The number of thiophene rings is 1. The standard InChI is InChI=1S/C19H17NOS/c21-19(14-15-5-1-2-6-15)20-17-8-3-7-16(13-17)10-11-18-9-4-12-22-18/h1,3-5,7-9,12-13,15H,2,6,14H2,(H,20,21)/t15-/m1/s1. The number of nitrogens with one attached hydrogen (secondary N) is 1. The van der Waals surface area contributed by atoms with E-state index in [0.29, 0.717) is 12.3 Å². The molecule has 22 heavy (non-hydrogen) atoms. The molecule has 0 fully saturated rings. The van der Waals surface area contributed by atoms with Gasteiger partial charge in [-0.1, -0.05) is 36.1 Å². The highest BCUT2D eigenvalue weighted by atomic mass is 32.1. The zero-order valence-electron chi connectivity index (χ0n) is 12.2. The third kappa shape index (κ3) is 4.09. The second-order valence-electron chi connectivity index (χ2n) is 5.33. The van der Waals surface area contributed by atoms with Crippen LogP contribution in [0.3, 0.4) is 0 Å². The predicted molar refractivity (Wildman–Crippen MR) is 91.9 cm³/mol. The van der Waals surface area contributed by atoms with Crippen LogP contribution in [0.4, 0.5) is 5.69 Å². The van der Waals surface area contributed by atoms with Crippen molar-refractivity contribution >= 4 is 22.9 Å². The normalized spacial score (nSPS) is 16.1. The molecule has 1 aromatic carbocycles. The Balaban J connectivity index is 1.63. The number of hydrogen-bond donors (Lipinski definition) is 1. The van der Waals surface area contributed by atoms with Gasteiger partial charge in [0.2, 0.25) is 5.91 Å². The molecule has 0 aliphatic heterocycles. The first kappa shape index (κ1) is 14.6. The van der Waals surface area contributed by atoms with Gasteiger partial charge in [0, 0.05) is 17.7 Å². The number of carbonyl (C=O) groups excluding carboxylic acids is 1. The van der Waals surface area contributed by atoms with Crippen molar-refractivity contribution in [1.29, 1.82) is 0 Å². The molecule has 0 saturated carbocycles. The van der Waals surface area contributed by atoms with Crippen LogP contribution in [0.5, 0.6) is 0 Å². The van der Waals surface area contributed by atoms with Gasteiger partial charge < -0.3 is 5.32 Å². The van der Waals surface area contributed by atoms with Crippen LogP contribution >= 0.6 is 11.3 Å². The van der Waals surface area contributed by atoms with Gasteiger partial charge in [0.05, 0.1) is 4.88 Å². The summed E-state index contributed by atoms with van der Waals surface area (Å²) < 4.78 is 0. The Labute approximate surface area is 134 Å². The summed E-state index contributed by atoms with van der Waals surface area (Å²) in [4.78, 5) is 13.1. The number of benzene rings is 1. The molecule has 1 aliphatic carbocycles. The molecule has 0 unspecified atom stereocenters. The van der Waals surface area contributed by atoms with E-state index in [-0.39, 0.29) is 5.91 Å². The fraction of sp³-hybridized carbons (Fsp3) is 0.211. The van der Waals surface area contributed by atoms with Crippen molar-refractivity contribution in [1.82, 2.24) is 0 Å². The summed E-state index contributed by atoms with van der Waals surface area (Å²) >= 11 is 1.62. The average molecular weight is 307 g/mol. The van der Waals surface area contributed by atoms with Gasteiger partial charge >= 0.3 is 0 Å². The molecular weight excluding hydrogens is 290 g/mol. The zero-order chi connectivity index (χ0) is 15.2. The summed E-state index contributed by atoms with van der Waals surface area (Å²) in [7, 11) is 0. The van der Waals surface area contributed by atoms with Crippen molar-refractivity contribution in [2.75, 3.05) is 5.32 Å². The summed E-state index contributed by atoms with van der Waals surface area (Å²) in [6.07, 6.45) is 7.02.